The van der Waals surface area contributed by atoms with Crippen molar-refractivity contribution in [3.05, 3.63) is 41.5 Å². The molecule has 1 N–H and O–H groups in total. The Bertz CT molecular complexity index is 615. The van der Waals surface area contributed by atoms with E-state index in [1.807, 2.05) is 36.4 Å². The van der Waals surface area contributed by atoms with Gasteiger partial charge in [0, 0.05) is 0 Å². The standard InChI is InChI=1S/C17H21NO4/c1-11(15(19)20)18(16(21)22-17(2,3)4)14-10-9-12-7-5-6-8-13(12)14/h5-11,14H,1-4H3,(H,19,20)/t11-,14?/m0/s1. The molecule has 2 rings (SSSR count). The van der Waals surface area contributed by atoms with Crippen LogP contribution in [0.1, 0.15) is 44.9 Å². The van der Waals surface area contributed by atoms with Gasteiger partial charge in [0.2, 0.25) is 0 Å². The fraction of sp³-hybridized carbons (Fsp3) is 0.412. The lowest BCUT2D eigenvalue weighted by atomic mass is 10.0. The zero-order valence-corrected chi connectivity index (χ0v) is 13.2. The Morgan fingerprint density at radius 3 is 2.50 bits per heavy atom. The molecule has 0 heterocycles. The van der Waals surface area contributed by atoms with Crippen LogP contribution in [-0.4, -0.2) is 33.7 Å². The topological polar surface area (TPSA) is 66.8 Å². The molecule has 0 aliphatic heterocycles. The van der Waals surface area contributed by atoms with Crippen LogP contribution in [0.4, 0.5) is 4.79 Å². The molecule has 2 atom stereocenters. The second-order valence-corrected chi connectivity index (χ2v) is 6.33. The van der Waals surface area contributed by atoms with Crippen molar-refractivity contribution in [3.63, 3.8) is 0 Å². The normalized spacial score (nSPS) is 17.7. The molecule has 1 aromatic rings. The third-order valence-electron chi connectivity index (χ3n) is 3.45. The third-order valence-corrected chi connectivity index (χ3v) is 3.45. The van der Waals surface area contributed by atoms with Crippen molar-refractivity contribution in [2.75, 3.05) is 0 Å². The minimum atomic E-state index is -1.07. The number of nitrogens with zero attached hydrogens (tertiary/aromatic N) is 1. The quantitative estimate of drug-likeness (QED) is 0.928. The Kier molecular flexibility index (Phi) is 4.26. The summed E-state index contributed by atoms with van der Waals surface area (Å²) in [5.74, 6) is -1.07. The van der Waals surface area contributed by atoms with Gasteiger partial charge in [-0.1, -0.05) is 36.4 Å². The third kappa shape index (κ3) is 3.30. The molecule has 0 bridgehead atoms. The van der Waals surface area contributed by atoms with Crippen molar-refractivity contribution in [2.24, 2.45) is 0 Å². The van der Waals surface area contributed by atoms with Crippen LogP contribution >= 0.6 is 0 Å². The van der Waals surface area contributed by atoms with Crippen LogP contribution in [0.15, 0.2) is 30.3 Å². The van der Waals surface area contributed by atoms with Crippen LogP contribution in [0, 0.1) is 0 Å². The average Bonchev–Trinajstić information content (AvgIpc) is 2.81. The van der Waals surface area contributed by atoms with Gasteiger partial charge >= 0.3 is 12.1 Å². The van der Waals surface area contributed by atoms with E-state index in [-0.39, 0.29) is 0 Å². The van der Waals surface area contributed by atoms with Crippen molar-refractivity contribution in [1.29, 1.82) is 0 Å². The van der Waals surface area contributed by atoms with Gasteiger partial charge in [-0.05, 0) is 38.8 Å². The van der Waals surface area contributed by atoms with E-state index in [0.717, 1.165) is 11.1 Å². The molecule has 1 amide bonds. The first kappa shape index (κ1) is 16.1. The van der Waals surface area contributed by atoms with Gasteiger partial charge in [-0.2, -0.15) is 0 Å². The number of hydrogen-bond acceptors (Lipinski definition) is 3. The molecule has 5 heteroatoms. The van der Waals surface area contributed by atoms with Crippen LogP contribution in [0.3, 0.4) is 0 Å². The summed E-state index contributed by atoms with van der Waals surface area (Å²) in [7, 11) is 0. The molecule has 0 spiro atoms. The largest absolute Gasteiger partial charge is 0.480 e. The lowest BCUT2D eigenvalue weighted by Crippen LogP contribution is -2.47. The van der Waals surface area contributed by atoms with Crippen LogP contribution in [0.25, 0.3) is 6.08 Å². The first-order valence-corrected chi connectivity index (χ1v) is 7.22. The van der Waals surface area contributed by atoms with Crippen molar-refractivity contribution >= 4 is 18.1 Å². The summed E-state index contributed by atoms with van der Waals surface area (Å²) in [6.07, 6.45) is 3.09. The van der Waals surface area contributed by atoms with Crippen molar-refractivity contribution < 1.29 is 19.4 Å². The van der Waals surface area contributed by atoms with Gasteiger partial charge < -0.3 is 9.84 Å². The highest BCUT2D eigenvalue weighted by Crippen LogP contribution is 2.34. The fourth-order valence-electron chi connectivity index (χ4n) is 2.42. The van der Waals surface area contributed by atoms with E-state index in [9.17, 15) is 14.7 Å². The number of carbonyl (C=O) groups excluding carboxylic acids is 1. The second kappa shape index (κ2) is 5.83. The smallest absolute Gasteiger partial charge is 0.411 e. The Hall–Kier alpha value is -2.30. The van der Waals surface area contributed by atoms with Crippen molar-refractivity contribution in [2.45, 2.75) is 45.4 Å². The number of hydrogen-bond donors (Lipinski definition) is 1. The molecular formula is C17H21NO4. The Morgan fingerprint density at radius 1 is 1.27 bits per heavy atom. The van der Waals surface area contributed by atoms with Gasteiger partial charge in [-0.15, -0.1) is 0 Å². The molecular weight excluding hydrogens is 282 g/mol. The van der Waals surface area contributed by atoms with Gasteiger partial charge in [0.25, 0.3) is 0 Å². The molecule has 22 heavy (non-hydrogen) atoms. The predicted octanol–water partition coefficient (Wildman–Crippen LogP) is 3.46. The molecule has 0 aromatic heterocycles. The number of ether oxygens (including phenoxy) is 1. The zero-order valence-electron chi connectivity index (χ0n) is 13.2. The molecule has 118 valence electrons. The molecule has 0 saturated carbocycles. The summed E-state index contributed by atoms with van der Waals surface area (Å²) in [4.78, 5) is 25.2. The summed E-state index contributed by atoms with van der Waals surface area (Å²) in [6.45, 7) is 6.76. The highest BCUT2D eigenvalue weighted by Gasteiger charge is 2.37. The van der Waals surface area contributed by atoms with Gasteiger partial charge in [0.05, 0.1) is 6.04 Å². The molecule has 0 radical (unpaired) electrons. The number of carboxylic acid groups (broad SMARTS) is 1. The molecule has 0 fully saturated rings. The van der Waals surface area contributed by atoms with Crippen LogP contribution in [0.2, 0.25) is 0 Å². The number of fused-ring (bicyclic) bond motifs is 1. The SMILES string of the molecule is C[C@@H](C(=O)O)N(C(=O)OC(C)(C)C)C1C=Cc2ccccc21. The molecule has 1 aromatic carbocycles. The minimum Gasteiger partial charge on any atom is -0.480 e. The van der Waals surface area contributed by atoms with Gasteiger partial charge in [0.1, 0.15) is 11.6 Å². The zero-order chi connectivity index (χ0) is 16.5. The second-order valence-electron chi connectivity index (χ2n) is 6.33. The van der Waals surface area contributed by atoms with Crippen molar-refractivity contribution in [3.8, 4) is 0 Å². The first-order valence-electron chi connectivity index (χ1n) is 7.22. The monoisotopic (exact) mass is 303 g/mol. The summed E-state index contributed by atoms with van der Waals surface area (Å²) in [5, 5.41) is 9.33. The number of aliphatic carboxylic acids is 1. The molecule has 1 aliphatic carbocycles. The fourth-order valence-corrected chi connectivity index (χ4v) is 2.42. The van der Waals surface area contributed by atoms with Gasteiger partial charge in [-0.25, -0.2) is 9.59 Å². The summed E-state index contributed by atoms with van der Waals surface area (Å²) < 4.78 is 5.39. The number of carboxylic acids is 1. The first-order chi connectivity index (χ1) is 10.2. The lowest BCUT2D eigenvalue weighted by Gasteiger charge is -2.34. The number of benzene rings is 1. The van der Waals surface area contributed by atoms with Crippen molar-refractivity contribution in [1.82, 2.24) is 4.90 Å². The van der Waals surface area contributed by atoms with E-state index in [1.165, 1.54) is 11.8 Å². The minimum absolute atomic E-state index is 0.433. The Labute approximate surface area is 130 Å². The maximum Gasteiger partial charge on any atom is 0.411 e. The summed E-state index contributed by atoms with van der Waals surface area (Å²) >= 11 is 0. The Balaban J connectivity index is 2.36. The maximum atomic E-state index is 12.5. The highest BCUT2D eigenvalue weighted by atomic mass is 16.6. The Morgan fingerprint density at radius 2 is 1.91 bits per heavy atom. The van der Waals surface area contributed by atoms with Crippen LogP contribution < -0.4 is 0 Å². The molecule has 1 aliphatic rings. The maximum absolute atomic E-state index is 12.5. The van der Waals surface area contributed by atoms with Gasteiger partial charge in [0.15, 0.2) is 0 Å². The molecule has 1 unspecified atom stereocenters. The van der Waals surface area contributed by atoms with E-state index in [0.29, 0.717) is 0 Å². The van der Waals surface area contributed by atoms with Crippen LogP contribution in [0.5, 0.6) is 0 Å². The van der Waals surface area contributed by atoms with E-state index >= 15 is 0 Å². The van der Waals surface area contributed by atoms with E-state index < -0.39 is 29.7 Å². The van der Waals surface area contributed by atoms with Crippen LogP contribution in [-0.2, 0) is 9.53 Å². The number of rotatable bonds is 3. The number of carbonyl (C=O) groups is 2. The molecule has 5 nitrogen and oxygen atoms in total. The van der Waals surface area contributed by atoms with Gasteiger partial charge in [-0.3, -0.25) is 4.90 Å². The predicted molar refractivity (Wildman–Crippen MR) is 83.4 cm³/mol. The summed E-state index contributed by atoms with van der Waals surface area (Å²) in [6, 6.07) is 6.19. The van der Waals surface area contributed by atoms with E-state index in [2.05, 4.69) is 0 Å². The number of amides is 1. The highest BCUT2D eigenvalue weighted by molar-refractivity contribution is 5.81. The summed E-state index contributed by atoms with van der Waals surface area (Å²) in [5.41, 5.74) is 1.20. The molecule has 0 saturated heterocycles. The lowest BCUT2D eigenvalue weighted by molar-refractivity contribution is -0.143. The van der Waals surface area contributed by atoms with E-state index in [1.54, 1.807) is 20.8 Å². The van der Waals surface area contributed by atoms with E-state index in [4.69, 9.17) is 4.74 Å². The average molecular weight is 303 g/mol.